The Kier molecular flexibility index (Phi) is 4.26. The van der Waals surface area contributed by atoms with Gasteiger partial charge in [-0.1, -0.05) is 0 Å². The van der Waals surface area contributed by atoms with Crippen molar-refractivity contribution in [1.29, 1.82) is 0 Å². The Labute approximate surface area is 128 Å². The Balaban J connectivity index is 2.62. The Morgan fingerprint density at radius 2 is 1.91 bits per heavy atom. The van der Waals surface area contributed by atoms with Crippen molar-refractivity contribution in [2.45, 2.75) is 13.1 Å². The maximum Gasteiger partial charge on any atom is 0.416 e. The van der Waals surface area contributed by atoms with Crippen LogP contribution in [0.3, 0.4) is 0 Å². The third-order valence-electron chi connectivity index (χ3n) is 3.21. The maximum absolute atomic E-state index is 13.9. The molecule has 4 nitrogen and oxygen atoms in total. The zero-order chi connectivity index (χ0) is 17.4. The van der Waals surface area contributed by atoms with Crippen molar-refractivity contribution in [2.75, 3.05) is 7.11 Å². The van der Waals surface area contributed by atoms with Crippen molar-refractivity contribution < 1.29 is 31.8 Å². The molecule has 0 bridgehead atoms. The molecule has 1 aromatic heterocycles. The molecular formula is C15H11F4NO3. The fourth-order valence-corrected chi connectivity index (χ4v) is 2.12. The number of alkyl halides is 3. The summed E-state index contributed by atoms with van der Waals surface area (Å²) in [7, 11) is 1.09. The van der Waals surface area contributed by atoms with Crippen molar-refractivity contribution in [3.8, 4) is 11.1 Å². The molecule has 0 unspecified atom stereocenters. The Morgan fingerprint density at radius 3 is 2.43 bits per heavy atom. The number of esters is 1. The smallest absolute Gasteiger partial charge is 0.416 e. The van der Waals surface area contributed by atoms with Crippen LogP contribution in [0.4, 0.5) is 17.6 Å². The second-order valence-electron chi connectivity index (χ2n) is 4.77. The largest absolute Gasteiger partial charge is 0.618 e. The van der Waals surface area contributed by atoms with Gasteiger partial charge in [-0.25, -0.2) is 9.18 Å². The van der Waals surface area contributed by atoms with E-state index < -0.39 is 23.5 Å². The standard InChI is InChI=1S/C15H11F4NO3/c1-8-5-9(7-20(22)13(8)14(21)23-2)11-6-10(15(17,18)19)3-4-12(11)16/h3-7H,1-2H3. The first-order valence-electron chi connectivity index (χ1n) is 6.34. The van der Waals surface area contributed by atoms with E-state index in [-0.39, 0.29) is 27.1 Å². The van der Waals surface area contributed by atoms with Crippen LogP contribution in [-0.4, -0.2) is 13.1 Å². The van der Waals surface area contributed by atoms with Gasteiger partial charge in [-0.3, -0.25) is 0 Å². The van der Waals surface area contributed by atoms with E-state index >= 15 is 0 Å². The molecule has 8 heteroatoms. The van der Waals surface area contributed by atoms with Gasteiger partial charge in [0.1, 0.15) is 5.82 Å². The lowest BCUT2D eigenvalue weighted by Gasteiger charge is -2.11. The van der Waals surface area contributed by atoms with E-state index in [0.29, 0.717) is 18.2 Å². The van der Waals surface area contributed by atoms with Crippen LogP contribution >= 0.6 is 0 Å². The summed E-state index contributed by atoms with van der Waals surface area (Å²) in [5.74, 6) is -1.81. The molecule has 0 atom stereocenters. The van der Waals surface area contributed by atoms with E-state index in [1.807, 2.05) is 0 Å². The highest BCUT2D eigenvalue weighted by molar-refractivity contribution is 5.87. The van der Waals surface area contributed by atoms with Crippen LogP contribution < -0.4 is 4.73 Å². The van der Waals surface area contributed by atoms with E-state index in [1.54, 1.807) is 0 Å². The third kappa shape index (κ3) is 3.25. The summed E-state index contributed by atoms with van der Waals surface area (Å²) in [6.45, 7) is 1.40. The van der Waals surface area contributed by atoms with E-state index in [0.717, 1.165) is 13.3 Å². The van der Waals surface area contributed by atoms with E-state index in [2.05, 4.69) is 4.74 Å². The monoisotopic (exact) mass is 329 g/mol. The minimum absolute atomic E-state index is 0.0752. The predicted octanol–water partition coefficient (Wildman–Crippen LogP) is 3.24. The fourth-order valence-electron chi connectivity index (χ4n) is 2.12. The second kappa shape index (κ2) is 5.86. The van der Waals surface area contributed by atoms with Gasteiger partial charge in [-0.15, -0.1) is 0 Å². The van der Waals surface area contributed by atoms with E-state index in [4.69, 9.17) is 0 Å². The van der Waals surface area contributed by atoms with Crippen LogP contribution in [0.2, 0.25) is 0 Å². The quantitative estimate of drug-likeness (QED) is 0.368. The molecule has 0 radical (unpaired) electrons. The lowest BCUT2D eigenvalue weighted by molar-refractivity contribution is -0.608. The topological polar surface area (TPSA) is 53.2 Å². The highest BCUT2D eigenvalue weighted by Crippen LogP contribution is 2.33. The summed E-state index contributed by atoms with van der Waals surface area (Å²) in [4.78, 5) is 11.5. The summed E-state index contributed by atoms with van der Waals surface area (Å²) in [5, 5.41) is 11.9. The van der Waals surface area contributed by atoms with Crippen LogP contribution in [0.25, 0.3) is 11.1 Å². The van der Waals surface area contributed by atoms with Gasteiger partial charge < -0.3 is 9.94 Å². The first-order chi connectivity index (χ1) is 10.6. The zero-order valence-corrected chi connectivity index (χ0v) is 12.1. The summed E-state index contributed by atoms with van der Waals surface area (Å²) in [6.07, 6.45) is -3.81. The van der Waals surface area contributed by atoms with Gasteiger partial charge in [-0.2, -0.15) is 17.9 Å². The Bertz CT molecular complexity index is 749. The number of carbonyl (C=O) groups is 1. The van der Waals surface area contributed by atoms with Crippen molar-refractivity contribution >= 4 is 5.97 Å². The number of halogens is 4. The summed E-state index contributed by atoms with van der Waals surface area (Å²) in [5.41, 5.74) is -1.66. The number of hydrogen-bond acceptors (Lipinski definition) is 3. The van der Waals surface area contributed by atoms with E-state index in [1.165, 1.54) is 13.0 Å². The maximum atomic E-state index is 13.9. The van der Waals surface area contributed by atoms with Crippen molar-refractivity contribution in [1.82, 2.24) is 0 Å². The van der Waals surface area contributed by atoms with E-state index in [9.17, 15) is 27.6 Å². The first kappa shape index (κ1) is 16.7. The number of methoxy groups -OCH3 is 1. The van der Waals surface area contributed by atoms with Gasteiger partial charge in [-0.05, 0) is 31.2 Å². The van der Waals surface area contributed by atoms with Crippen molar-refractivity contribution in [3.63, 3.8) is 0 Å². The molecule has 1 aromatic carbocycles. The summed E-state index contributed by atoms with van der Waals surface area (Å²) in [6, 6.07) is 3.15. The summed E-state index contributed by atoms with van der Waals surface area (Å²) < 4.78 is 56.7. The molecule has 2 rings (SSSR count). The highest BCUT2D eigenvalue weighted by Gasteiger charge is 2.31. The van der Waals surface area contributed by atoms with Gasteiger partial charge in [0.25, 0.3) is 0 Å². The van der Waals surface area contributed by atoms with Crippen molar-refractivity contribution in [2.24, 2.45) is 0 Å². The normalized spacial score (nSPS) is 11.4. The van der Waals surface area contributed by atoms with Crippen LogP contribution in [0.5, 0.6) is 0 Å². The van der Waals surface area contributed by atoms with Crippen LogP contribution in [0.1, 0.15) is 21.6 Å². The molecule has 0 saturated carbocycles. The van der Waals surface area contributed by atoms with Crippen LogP contribution in [0, 0.1) is 17.9 Å². The number of nitrogens with zero attached hydrogens (tertiary/aromatic N) is 1. The number of ether oxygens (including phenoxy) is 1. The number of rotatable bonds is 2. The first-order valence-corrected chi connectivity index (χ1v) is 6.34. The molecule has 1 heterocycles. The lowest BCUT2D eigenvalue weighted by atomic mass is 10.0. The molecule has 0 saturated heterocycles. The lowest BCUT2D eigenvalue weighted by Crippen LogP contribution is -2.36. The number of benzene rings is 1. The molecular weight excluding hydrogens is 318 g/mol. The van der Waals surface area contributed by atoms with Crippen LogP contribution in [0.15, 0.2) is 30.5 Å². The summed E-state index contributed by atoms with van der Waals surface area (Å²) >= 11 is 0. The molecule has 23 heavy (non-hydrogen) atoms. The molecule has 0 aliphatic heterocycles. The molecule has 0 N–H and O–H groups in total. The Morgan fingerprint density at radius 1 is 1.26 bits per heavy atom. The highest BCUT2D eigenvalue weighted by atomic mass is 19.4. The number of aryl methyl sites for hydroxylation is 1. The predicted molar refractivity (Wildman–Crippen MR) is 71.9 cm³/mol. The zero-order valence-electron chi connectivity index (χ0n) is 12.1. The van der Waals surface area contributed by atoms with Gasteiger partial charge >= 0.3 is 17.8 Å². The Hall–Kier alpha value is -2.64. The average Bonchev–Trinajstić information content (AvgIpc) is 2.45. The van der Waals surface area contributed by atoms with Gasteiger partial charge in [0, 0.05) is 11.1 Å². The average molecular weight is 329 g/mol. The van der Waals surface area contributed by atoms with Gasteiger partial charge in [0.05, 0.1) is 18.2 Å². The number of carbonyl (C=O) groups excluding carboxylic acids is 1. The van der Waals surface area contributed by atoms with Crippen LogP contribution in [-0.2, 0) is 10.9 Å². The minimum atomic E-state index is -4.64. The molecule has 0 amide bonds. The molecule has 2 aromatic rings. The second-order valence-corrected chi connectivity index (χ2v) is 4.77. The third-order valence-corrected chi connectivity index (χ3v) is 3.21. The van der Waals surface area contributed by atoms with Gasteiger partial charge in [0.2, 0.25) is 0 Å². The van der Waals surface area contributed by atoms with Crippen molar-refractivity contribution in [3.05, 3.63) is 58.3 Å². The number of aromatic nitrogens is 1. The SMILES string of the molecule is COC(=O)c1c(C)cc(-c2cc(C(F)(F)F)ccc2F)c[n+]1[O-]. The molecule has 0 spiro atoms. The number of pyridine rings is 1. The molecule has 0 fully saturated rings. The fraction of sp³-hybridized carbons (Fsp3) is 0.200. The minimum Gasteiger partial charge on any atom is -0.618 e. The molecule has 0 aliphatic rings. The molecule has 0 aliphatic carbocycles. The van der Waals surface area contributed by atoms with Gasteiger partial charge in [0.15, 0.2) is 6.20 Å². The number of hydrogen-bond donors (Lipinski definition) is 0. The molecule has 122 valence electrons.